The van der Waals surface area contributed by atoms with Gasteiger partial charge in [-0.3, -0.25) is 9.36 Å². The molecule has 6 rings (SSSR count). The van der Waals surface area contributed by atoms with E-state index in [4.69, 9.17) is 23.9 Å². The first kappa shape index (κ1) is 34.6. The number of thiazole rings is 1. The Labute approximate surface area is 307 Å². The van der Waals surface area contributed by atoms with Crippen LogP contribution in [0, 0.1) is 9.39 Å². The van der Waals surface area contributed by atoms with Gasteiger partial charge in [-0.1, -0.05) is 81.9 Å². The van der Waals surface area contributed by atoms with Crippen molar-refractivity contribution in [1.82, 2.24) is 4.57 Å². The van der Waals surface area contributed by atoms with Gasteiger partial charge in [0.1, 0.15) is 18.2 Å². The fraction of sp³-hybridized carbons (Fsp3) is 0.162. The Kier molecular flexibility index (Phi) is 10.7. The Morgan fingerprint density at radius 1 is 1.02 bits per heavy atom. The maximum atomic E-state index is 14.5. The Morgan fingerprint density at radius 3 is 2.47 bits per heavy atom. The van der Waals surface area contributed by atoms with Gasteiger partial charge >= 0.3 is 5.97 Å². The number of carbonyl (C=O) groups is 1. The molecular formula is C37H29BrFIN2O6S. The normalized spacial score (nSPS) is 14.2. The third kappa shape index (κ3) is 7.08. The number of ether oxygens (including phenoxy) is 4. The Hall–Kier alpha value is -4.27. The summed E-state index contributed by atoms with van der Waals surface area (Å²) in [6.45, 7) is 1.85. The van der Waals surface area contributed by atoms with Crippen LogP contribution in [-0.4, -0.2) is 31.4 Å². The molecule has 0 N–H and O–H groups in total. The highest BCUT2D eigenvalue weighted by atomic mass is 127. The lowest BCUT2D eigenvalue weighted by molar-refractivity contribution is -0.138. The number of nitrogens with zero attached hydrogens (tertiary/aromatic N) is 2. The van der Waals surface area contributed by atoms with E-state index in [2.05, 4.69) is 38.5 Å². The molecule has 0 fully saturated rings. The molecule has 0 radical (unpaired) electrons. The van der Waals surface area contributed by atoms with Gasteiger partial charge in [-0.25, -0.2) is 14.2 Å². The number of benzene rings is 4. The molecular weight excluding hydrogens is 826 g/mol. The fourth-order valence-corrected chi connectivity index (χ4v) is 8.22. The molecule has 0 unspecified atom stereocenters. The van der Waals surface area contributed by atoms with Crippen molar-refractivity contribution >= 4 is 67.6 Å². The van der Waals surface area contributed by atoms with E-state index < -0.39 is 12.0 Å². The molecule has 0 saturated carbocycles. The molecule has 4 aromatic carbocycles. The van der Waals surface area contributed by atoms with Crippen LogP contribution in [0.2, 0.25) is 0 Å². The quantitative estimate of drug-likeness (QED) is 0.111. The summed E-state index contributed by atoms with van der Waals surface area (Å²) in [5, 5.41) is 0. The first-order valence-electron chi connectivity index (χ1n) is 15.1. The second kappa shape index (κ2) is 15.1. The zero-order chi connectivity index (χ0) is 34.7. The van der Waals surface area contributed by atoms with Crippen LogP contribution < -0.4 is 29.1 Å². The number of rotatable bonds is 10. The van der Waals surface area contributed by atoms with E-state index >= 15 is 0 Å². The Bertz CT molecular complexity index is 2270. The molecule has 0 aliphatic carbocycles. The number of aromatic nitrogens is 1. The minimum Gasteiger partial charge on any atom is -0.493 e. The van der Waals surface area contributed by atoms with E-state index in [1.54, 1.807) is 49.4 Å². The zero-order valence-corrected chi connectivity index (χ0v) is 31.1. The lowest BCUT2D eigenvalue weighted by atomic mass is 9.93. The third-order valence-electron chi connectivity index (χ3n) is 7.75. The van der Waals surface area contributed by atoms with Crippen molar-refractivity contribution < 1.29 is 28.1 Å². The predicted octanol–water partition coefficient (Wildman–Crippen LogP) is 7.04. The van der Waals surface area contributed by atoms with Gasteiger partial charge in [0, 0.05) is 21.2 Å². The summed E-state index contributed by atoms with van der Waals surface area (Å²) in [5.41, 5.74) is 2.55. The first-order chi connectivity index (χ1) is 23.7. The maximum absolute atomic E-state index is 14.5. The maximum Gasteiger partial charge on any atom is 0.338 e. The van der Waals surface area contributed by atoms with Crippen LogP contribution >= 0.6 is 49.9 Å². The van der Waals surface area contributed by atoms with Crippen molar-refractivity contribution in [2.75, 3.05) is 20.8 Å². The highest BCUT2D eigenvalue weighted by molar-refractivity contribution is 14.1. The molecule has 0 spiro atoms. The lowest BCUT2D eigenvalue weighted by Gasteiger charge is -2.26. The van der Waals surface area contributed by atoms with E-state index in [-0.39, 0.29) is 30.2 Å². The average molecular weight is 856 g/mol. The molecule has 0 saturated heterocycles. The molecule has 250 valence electrons. The van der Waals surface area contributed by atoms with Crippen LogP contribution in [-0.2, 0) is 16.1 Å². The molecule has 1 atom stereocenters. The summed E-state index contributed by atoms with van der Waals surface area (Å²) in [6, 6.07) is 23.8. The summed E-state index contributed by atoms with van der Waals surface area (Å²) in [4.78, 5) is 33.6. The van der Waals surface area contributed by atoms with Gasteiger partial charge in [-0.15, -0.1) is 0 Å². The van der Waals surface area contributed by atoms with E-state index in [0.29, 0.717) is 54.5 Å². The van der Waals surface area contributed by atoms with Crippen LogP contribution in [0.4, 0.5) is 4.39 Å². The number of methoxy groups -OCH3 is 2. The smallest absolute Gasteiger partial charge is 0.338 e. The van der Waals surface area contributed by atoms with Crippen LogP contribution in [0.25, 0.3) is 11.8 Å². The highest BCUT2D eigenvalue weighted by Crippen LogP contribution is 2.39. The molecule has 12 heteroatoms. The standard InChI is InChI=1S/C37H29BrFIN2O6S/c1-4-47-36(44)31-32(21-10-6-5-7-11-21)41-37-42(33(31)22-14-15-28(45-2)29(17-22)46-3)35(43)30(49-37)18-24-16-25(38)19-27(40)34(24)48-20-23-12-8-9-13-26(23)39/h5-19,33H,4,20H2,1-3H3/b30-18-/t33-/m0/s1. The summed E-state index contributed by atoms with van der Waals surface area (Å²) in [5.74, 6) is 0.460. The summed E-state index contributed by atoms with van der Waals surface area (Å²) in [6.07, 6.45) is 1.73. The largest absolute Gasteiger partial charge is 0.493 e. The predicted molar refractivity (Wildman–Crippen MR) is 198 cm³/mol. The molecule has 49 heavy (non-hydrogen) atoms. The first-order valence-corrected chi connectivity index (χ1v) is 17.8. The number of carbonyl (C=O) groups excluding carboxylic acids is 1. The van der Waals surface area contributed by atoms with Gasteiger partial charge in [0.05, 0.1) is 46.2 Å². The number of hydrogen-bond acceptors (Lipinski definition) is 8. The fourth-order valence-electron chi connectivity index (χ4n) is 5.53. The van der Waals surface area contributed by atoms with Crippen molar-refractivity contribution in [1.29, 1.82) is 0 Å². The number of hydrogen-bond donors (Lipinski definition) is 0. The van der Waals surface area contributed by atoms with Gasteiger partial charge in [0.15, 0.2) is 16.3 Å². The van der Waals surface area contributed by atoms with Crippen LogP contribution in [0.5, 0.6) is 17.2 Å². The summed E-state index contributed by atoms with van der Waals surface area (Å²) < 4.78 is 40.7. The molecule has 8 nitrogen and oxygen atoms in total. The lowest BCUT2D eigenvalue weighted by Crippen LogP contribution is -2.40. The molecule has 1 aliphatic heterocycles. The van der Waals surface area contributed by atoms with Gasteiger partial charge in [-0.2, -0.15) is 0 Å². The number of fused-ring (bicyclic) bond motifs is 1. The monoisotopic (exact) mass is 854 g/mol. The van der Waals surface area contributed by atoms with Gasteiger partial charge in [0.2, 0.25) is 0 Å². The van der Waals surface area contributed by atoms with Crippen molar-refractivity contribution in [2.45, 2.75) is 19.6 Å². The Morgan fingerprint density at radius 2 is 1.76 bits per heavy atom. The van der Waals surface area contributed by atoms with Crippen LogP contribution in [0.3, 0.4) is 0 Å². The molecule has 0 bridgehead atoms. The molecule has 0 amide bonds. The molecule has 2 heterocycles. The van der Waals surface area contributed by atoms with Crippen LogP contribution in [0.15, 0.2) is 105 Å². The minimum atomic E-state index is -0.910. The van der Waals surface area contributed by atoms with Crippen molar-refractivity contribution in [3.05, 3.63) is 146 Å². The van der Waals surface area contributed by atoms with E-state index in [1.807, 2.05) is 42.5 Å². The minimum absolute atomic E-state index is 0.00492. The van der Waals surface area contributed by atoms with Gasteiger partial charge in [-0.05, 0) is 71.5 Å². The molecule has 5 aromatic rings. The SMILES string of the molecule is CCOC(=O)C1=C(c2ccccc2)N=c2s/c(=C\c3cc(Br)cc(I)c3OCc3ccccc3F)c(=O)n2[C@H]1c1ccc(OC)c(OC)c1. The van der Waals surface area contributed by atoms with E-state index in [9.17, 15) is 14.0 Å². The summed E-state index contributed by atoms with van der Waals surface area (Å²) in [7, 11) is 3.06. The second-order valence-corrected chi connectivity index (χ2v) is 13.8. The summed E-state index contributed by atoms with van der Waals surface area (Å²) >= 11 is 6.90. The van der Waals surface area contributed by atoms with Crippen molar-refractivity contribution in [2.24, 2.45) is 4.99 Å². The van der Waals surface area contributed by atoms with Gasteiger partial charge < -0.3 is 18.9 Å². The average Bonchev–Trinajstić information content (AvgIpc) is 3.41. The second-order valence-electron chi connectivity index (χ2n) is 10.7. The molecule has 1 aromatic heterocycles. The number of esters is 1. The Balaban J connectivity index is 1.59. The zero-order valence-electron chi connectivity index (χ0n) is 26.5. The topological polar surface area (TPSA) is 88.4 Å². The van der Waals surface area contributed by atoms with Crippen molar-refractivity contribution in [3.8, 4) is 17.2 Å². The van der Waals surface area contributed by atoms with Crippen LogP contribution in [0.1, 0.15) is 35.2 Å². The van der Waals surface area contributed by atoms with E-state index in [1.165, 1.54) is 36.2 Å². The van der Waals surface area contributed by atoms with Gasteiger partial charge in [0.25, 0.3) is 5.56 Å². The highest BCUT2D eigenvalue weighted by Gasteiger charge is 2.35. The van der Waals surface area contributed by atoms with E-state index in [0.717, 1.165) is 8.04 Å². The van der Waals surface area contributed by atoms with Crippen molar-refractivity contribution in [3.63, 3.8) is 0 Å². The number of halogens is 3. The molecule has 1 aliphatic rings. The third-order valence-corrected chi connectivity index (χ3v) is 9.99.